The maximum Gasteiger partial charge on any atom is 0.128 e. The van der Waals surface area contributed by atoms with E-state index in [9.17, 15) is 20.4 Å². The molecule has 0 unspecified atom stereocenters. The van der Waals surface area contributed by atoms with Crippen LogP contribution in [0.1, 0.15) is 22.5 Å². The molecule has 4 N–H and O–H groups in total. The Kier molecular flexibility index (Phi) is 6.43. The highest BCUT2D eigenvalue weighted by Gasteiger charge is 2.15. The monoisotopic (exact) mass is 466 g/mol. The molecule has 0 atom stereocenters. The summed E-state index contributed by atoms with van der Waals surface area (Å²) >= 11 is 2.88. The molecule has 0 amide bonds. The number of nitrogens with zero attached hydrogens (tertiary/aromatic N) is 4. The van der Waals surface area contributed by atoms with E-state index in [1.165, 1.54) is 46.9 Å². The van der Waals surface area contributed by atoms with Gasteiger partial charge in [-0.05, 0) is 24.3 Å². The number of hydrogen-bond acceptors (Lipinski definition) is 10. The minimum absolute atomic E-state index is 0.0685. The number of thiazole rings is 2. The molecule has 0 radical (unpaired) electrons. The lowest BCUT2D eigenvalue weighted by Crippen LogP contribution is -2.09. The second kappa shape index (κ2) is 9.58. The Morgan fingerprint density at radius 3 is 1.47 bits per heavy atom. The number of aromatic nitrogens is 2. The highest BCUT2D eigenvalue weighted by molar-refractivity contribution is 7.07. The summed E-state index contributed by atoms with van der Waals surface area (Å²) in [7, 11) is 0. The van der Waals surface area contributed by atoms with E-state index in [0.29, 0.717) is 35.4 Å². The number of phenolic OH excluding ortho intramolecular Hbond substituents is 4. The Morgan fingerprint density at radius 2 is 1.12 bits per heavy atom. The number of phenols is 4. The van der Waals surface area contributed by atoms with E-state index < -0.39 is 0 Å². The van der Waals surface area contributed by atoms with Crippen molar-refractivity contribution < 1.29 is 20.4 Å². The molecule has 2 aromatic carbocycles. The fraction of sp³-hybridized carbons (Fsp3) is 0.0909. The van der Waals surface area contributed by atoms with Crippen molar-refractivity contribution >= 4 is 34.1 Å². The molecule has 8 nitrogen and oxygen atoms in total. The van der Waals surface area contributed by atoms with Crippen LogP contribution in [0.4, 0.5) is 0 Å². The van der Waals surface area contributed by atoms with Crippen LogP contribution in [0, 0.1) is 0 Å². The molecule has 2 heterocycles. The molecular formula is C22H18N4O4S2. The summed E-state index contributed by atoms with van der Waals surface area (Å²) in [6.45, 7) is 0. The van der Waals surface area contributed by atoms with Crippen molar-refractivity contribution in [3.05, 3.63) is 80.7 Å². The summed E-state index contributed by atoms with van der Waals surface area (Å²) < 4.78 is 0. The van der Waals surface area contributed by atoms with E-state index in [0.717, 1.165) is 11.4 Å². The van der Waals surface area contributed by atoms with Gasteiger partial charge in [-0.3, -0.25) is 0 Å². The molecule has 4 rings (SSSR count). The van der Waals surface area contributed by atoms with Gasteiger partial charge in [0.05, 0.1) is 33.8 Å². The van der Waals surface area contributed by atoms with E-state index in [4.69, 9.17) is 0 Å². The maximum absolute atomic E-state index is 10.4. The highest BCUT2D eigenvalue weighted by Crippen LogP contribution is 2.27. The SMILES string of the molecule is Oc1ccc(/C(Cc2cscn2)=N/N=C(\Cc2cscn2)c2ccc(O)cc2O)c(O)c1. The second-order valence-corrected chi connectivity index (χ2v) is 8.25. The third-order valence-electron chi connectivity index (χ3n) is 4.54. The third-order valence-corrected chi connectivity index (χ3v) is 5.81. The Hall–Kier alpha value is -3.76. The Balaban J connectivity index is 1.80. The van der Waals surface area contributed by atoms with Crippen molar-refractivity contribution in [1.29, 1.82) is 0 Å². The standard InChI is InChI=1S/C22H18N4O4S2/c27-15-1-3-17(21(29)7-15)19(5-13-9-31-11-23-13)25-26-20(6-14-10-32-12-24-14)18-4-2-16(28)8-22(18)30/h1-4,7-12,27-30H,5-6H2/b25-19+,26-20+. The van der Waals surface area contributed by atoms with Gasteiger partial charge in [0.25, 0.3) is 0 Å². The molecule has 0 spiro atoms. The first-order valence-electron chi connectivity index (χ1n) is 9.42. The van der Waals surface area contributed by atoms with Crippen LogP contribution in [-0.4, -0.2) is 41.8 Å². The Morgan fingerprint density at radius 1 is 0.688 bits per heavy atom. The molecule has 10 heteroatoms. The Bertz CT molecular complexity index is 1170. The first-order chi connectivity index (χ1) is 15.5. The van der Waals surface area contributed by atoms with Crippen LogP contribution in [0.2, 0.25) is 0 Å². The van der Waals surface area contributed by atoms with Gasteiger partial charge >= 0.3 is 0 Å². The van der Waals surface area contributed by atoms with Crippen molar-refractivity contribution in [3.63, 3.8) is 0 Å². The molecule has 0 aliphatic carbocycles. The first kappa shape index (κ1) is 21.5. The number of aromatic hydroxyl groups is 4. The lowest BCUT2D eigenvalue weighted by Gasteiger charge is -2.09. The van der Waals surface area contributed by atoms with Crippen LogP contribution in [-0.2, 0) is 12.8 Å². The molecule has 4 aromatic rings. The first-order valence-corrected chi connectivity index (χ1v) is 11.3. The molecule has 0 saturated carbocycles. The lowest BCUT2D eigenvalue weighted by molar-refractivity contribution is 0.448. The van der Waals surface area contributed by atoms with E-state index in [1.807, 2.05) is 10.8 Å². The zero-order chi connectivity index (χ0) is 22.5. The third kappa shape index (κ3) is 5.10. The average molecular weight is 467 g/mol. The van der Waals surface area contributed by atoms with Gasteiger partial charge in [-0.25, -0.2) is 9.97 Å². The van der Waals surface area contributed by atoms with Crippen LogP contribution in [0.5, 0.6) is 23.0 Å². The number of rotatable bonds is 7. The minimum Gasteiger partial charge on any atom is -0.508 e. The highest BCUT2D eigenvalue weighted by atomic mass is 32.1. The molecule has 0 aliphatic heterocycles. The fourth-order valence-electron chi connectivity index (χ4n) is 3.01. The summed E-state index contributed by atoms with van der Waals surface area (Å²) in [6.07, 6.45) is 0.605. The summed E-state index contributed by atoms with van der Waals surface area (Å²) in [6, 6.07) is 8.50. The van der Waals surface area contributed by atoms with Crippen molar-refractivity contribution in [1.82, 2.24) is 9.97 Å². The molecule has 0 saturated heterocycles. The lowest BCUT2D eigenvalue weighted by atomic mass is 10.0. The van der Waals surface area contributed by atoms with Crippen LogP contribution in [0.15, 0.2) is 68.4 Å². The van der Waals surface area contributed by atoms with Gasteiger partial charge in [0, 0.05) is 46.9 Å². The molecule has 2 aromatic heterocycles. The summed E-state index contributed by atoms with van der Waals surface area (Å²) in [5.74, 6) is -0.410. The van der Waals surface area contributed by atoms with Crippen LogP contribution >= 0.6 is 22.7 Å². The maximum atomic E-state index is 10.4. The largest absolute Gasteiger partial charge is 0.508 e. The number of hydrogen-bond donors (Lipinski definition) is 4. The van der Waals surface area contributed by atoms with Crippen LogP contribution < -0.4 is 0 Å². The predicted molar refractivity (Wildman–Crippen MR) is 124 cm³/mol. The van der Waals surface area contributed by atoms with Crippen LogP contribution in [0.3, 0.4) is 0 Å². The van der Waals surface area contributed by atoms with Gasteiger partial charge in [-0.15, -0.1) is 22.7 Å². The van der Waals surface area contributed by atoms with Crippen molar-refractivity contribution in [2.24, 2.45) is 10.2 Å². The molecule has 32 heavy (non-hydrogen) atoms. The second-order valence-electron chi connectivity index (χ2n) is 6.81. The van der Waals surface area contributed by atoms with Gasteiger partial charge in [0.2, 0.25) is 0 Å². The molecule has 0 fully saturated rings. The van der Waals surface area contributed by atoms with Gasteiger partial charge in [-0.1, -0.05) is 0 Å². The van der Waals surface area contributed by atoms with Gasteiger partial charge in [0.15, 0.2) is 0 Å². The van der Waals surface area contributed by atoms with E-state index in [-0.39, 0.29) is 23.0 Å². The van der Waals surface area contributed by atoms with E-state index >= 15 is 0 Å². The molecule has 0 aliphatic rings. The summed E-state index contributed by atoms with van der Waals surface area (Å²) in [5, 5.41) is 52.6. The number of benzene rings is 2. The van der Waals surface area contributed by atoms with Crippen molar-refractivity contribution in [2.45, 2.75) is 12.8 Å². The van der Waals surface area contributed by atoms with Gasteiger partial charge < -0.3 is 20.4 Å². The molecular weight excluding hydrogens is 448 g/mol. The average Bonchev–Trinajstić information content (AvgIpc) is 3.45. The Labute approximate surface area is 191 Å². The normalized spacial score (nSPS) is 12.2. The molecule has 0 bridgehead atoms. The van der Waals surface area contributed by atoms with E-state index in [2.05, 4.69) is 20.2 Å². The predicted octanol–water partition coefficient (Wildman–Crippen LogP) is 4.10. The fourth-order valence-corrected chi connectivity index (χ4v) is 4.13. The van der Waals surface area contributed by atoms with Gasteiger partial charge in [0.1, 0.15) is 23.0 Å². The van der Waals surface area contributed by atoms with Gasteiger partial charge in [-0.2, -0.15) is 10.2 Å². The minimum atomic E-state index is -0.136. The van der Waals surface area contributed by atoms with E-state index in [1.54, 1.807) is 23.2 Å². The summed E-state index contributed by atoms with van der Waals surface area (Å²) in [5.41, 5.74) is 6.59. The summed E-state index contributed by atoms with van der Waals surface area (Å²) in [4.78, 5) is 8.56. The zero-order valence-corrected chi connectivity index (χ0v) is 18.2. The smallest absolute Gasteiger partial charge is 0.128 e. The van der Waals surface area contributed by atoms with Crippen molar-refractivity contribution in [3.8, 4) is 23.0 Å². The van der Waals surface area contributed by atoms with Crippen molar-refractivity contribution in [2.75, 3.05) is 0 Å². The quantitative estimate of drug-likeness (QED) is 0.240. The molecule has 162 valence electrons. The topological polar surface area (TPSA) is 131 Å². The zero-order valence-electron chi connectivity index (χ0n) is 16.6. The van der Waals surface area contributed by atoms with Crippen LogP contribution in [0.25, 0.3) is 0 Å².